The van der Waals surface area contributed by atoms with Crippen LogP contribution in [0.5, 0.6) is 11.5 Å². The molecule has 0 saturated carbocycles. The van der Waals surface area contributed by atoms with Crippen molar-refractivity contribution in [3.63, 3.8) is 0 Å². The van der Waals surface area contributed by atoms with E-state index in [-0.39, 0.29) is 36.3 Å². The highest BCUT2D eigenvalue weighted by Crippen LogP contribution is 2.61. The van der Waals surface area contributed by atoms with Gasteiger partial charge in [-0.15, -0.1) is 0 Å². The van der Waals surface area contributed by atoms with Gasteiger partial charge in [0.05, 0.1) is 30.8 Å². The molecule has 360 valence electrons. The lowest BCUT2D eigenvalue weighted by atomic mass is 9.91. The largest absolute Gasteiger partial charge is 0.494 e. The Bertz CT molecular complexity index is 1770. The number of alkyl halides is 21. The Labute approximate surface area is 349 Å². The number of ether oxygens (including phenoxy) is 3. The molecule has 2 aromatic rings. The van der Waals surface area contributed by atoms with Gasteiger partial charge >= 0.3 is 71.1 Å². The van der Waals surface area contributed by atoms with Crippen molar-refractivity contribution >= 4 is 23.5 Å². The number of benzene rings is 2. The fraction of sp³-hybridized carbons (Fsp3) is 0.622. The zero-order valence-electron chi connectivity index (χ0n) is 31.9. The quantitative estimate of drug-likeness (QED) is 0.0293. The van der Waals surface area contributed by atoms with Crippen LogP contribution in [0.25, 0.3) is 0 Å². The van der Waals surface area contributed by atoms with E-state index in [4.69, 9.17) is 9.47 Å². The summed E-state index contributed by atoms with van der Waals surface area (Å²) >= 11 is 3.66. The van der Waals surface area contributed by atoms with E-state index in [0.717, 1.165) is 24.3 Å². The smallest absolute Gasteiger partial charge is 0.393 e. The summed E-state index contributed by atoms with van der Waals surface area (Å²) in [7, 11) is 0. The second-order valence-electron chi connectivity index (χ2n) is 13.8. The van der Waals surface area contributed by atoms with Gasteiger partial charge in [-0.2, -0.15) is 79.0 Å². The first-order valence-corrected chi connectivity index (χ1v) is 18.6. The lowest BCUT2D eigenvalue weighted by molar-refractivity contribution is -0.417. The Hall–Kier alpha value is -3.93. The summed E-state index contributed by atoms with van der Waals surface area (Å²) < 4.78 is 281. The van der Waals surface area contributed by atoms with Crippen molar-refractivity contribution in [2.45, 2.75) is 130 Å². The van der Waals surface area contributed by atoms with Crippen molar-refractivity contribution in [1.82, 2.24) is 0 Å². The Morgan fingerprint density at radius 2 is 0.857 bits per heavy atom. The fourth-order valence-electron chi connectivity index (χ4n) is 5.24. The first-order chi connectivity index (χ1) is 28.6. The van der Waals surface area contributed by atoms with Crippen molar-refractivity contribution < 1.29 is 112 Å². The van der Waals surface area contributed by atoms with Crippen LogP contribution in [0.4, 0.5) is 87.8 Å². The van der Waals surface area contributed by atoms with Gasteiger partial charge in [0.25, 0.3) is 0 Å². The zero-order chi connectivity index (χ0) is 48.5. The van der Waals surface area contributed by atoms with E-state index in [1.807, 2.05) is 0 Å². The van der Waals surface area contributed by atoms with Gasteiger partial charge in [0.15, 0.2) is 0 Å². The van der Waals surface area contributed by atoms with E-state index in [1.54, 1.807) is 0 Å². The van der Waals surface area contributed by atoms with Crippen molar-refractivity contribution in [1.29, 1.82) is 0 Å². The Morgan fingerprint density at radius 3 is 1.32 bits per heavy atom. The van der Waals surface area contributed by atoms with Crippen molar-refractivity contribution in [2.24, 2.45) is 0 Å². The predicted octanol–water partition coefficient (Wildman–Crippen LogP) is 13.9. The van der Waals surface area contributed by atoms with Gasteiger partial charge in [-0.05, 0) is 73.0 Å². The molecule has 0 aliphatic carbocycles. The average molecular weight is 975 g/mol. The molecule has 0 atom stereocenters. The number of rotatable bonds is 27. The van der Waals surface area contributed by atoms with Crippen molar-refractivity contribution in [2.75, 3.05) is 13.2 Å². The van der Waals surface area contributed by atoms with Gasteiger partial charge in [-0.25, -0.2) is 18.4 Å². The summed E-state index contributed by atoms with van der Waals surface area (Å²) in [5.74, 6) is -56.4. The highest BCUT2D eigenvalue weighted by Gasteiger charge is 2.89. The highest BCUT2D eigenvalue weighted by atomic mass is 35.5. The predicted molar refractivity (Wildman–Crippen MR) is 181 cm³/mol. The molecule has 26 heteroatoms. The summed E-state index contributed by atoms with van der Waals surface area (Å²) in [6.07, 6.45) is -7.29. The van der Waals surface area contributed by atoms with Crippen molar-refractivity contribution in [3.8, 4) is 11.5 Å². The molecule has 0 aliphatic heterocycles. The standard InChI is InChI=1S/C37H35ClF20O5/c38-37(57,58)36(55,56)35(53,54)34(51,52)33(49,50)29(41,42)18-8-6-4-2-1-3-5-7-9-20-61-24-14-10-23(11-15-24)27(60)63-25-16-12-22(13-17-25)26(59)62-21-19-30(43,44)32(47,48)31(45,46)28(39)40/h10-17,28H,1-9,18-21H2. The molecule has 0 radical (unpaired) electrons. The Balaban J connectivity index is 1.67. The van der Waals surface area contributed by atoms with Gasteiger partial charge < -0.3 is 14.2 Å². The Morgan fingerprint density at radius 1 is 0.460 bits per heavy atom. The molecular weight excluding hydrogens is 940 g/mol. The number of carbonyl (C=O) groups is 2. The molecule has 0 spiro atoms. The SMILES string of the molecule is O=C(OCCC(F)(F)C(F)(F)C(F)(F)C(F)F)c1ccc(OC(=O)c2ccc(OCCCCCCCCCCCC(F)(F)C(F)(F)C(F)(F)C(F)(F)C(F)(F)C(F)(F)Cl)cc2)cc1. The molecule has 0 N–H and O–H groups in total. The maximum absolute atomic E-state index is 13.9. The summed E-state index contributed by atoms with van der Waals surface area (Å²) in [6.45, 7) is -1.33. The number of carbonyl (C=O) groups excluding carboxylic acids is 2. The Kier molecular flexibility index (Phi) is 18.3. The molecule has 0 amide bonds. The average Bonchev–Trinajstić information content (AvgIpc) is 3.17. The monoisotopic (exact) mass is 974 g/mol. The highest BCUT2D eigenvalue weighted by molar-refractivity contribution is 6.22. The first-order valence-electron chi connectivity index (χ1n) is 18.2. The van der Waals surface area contributed by atoms with E-state index >= 15 is 0 Å². The molecule has 0 aromatic heterocycles. The summed E-state index contributed by atoms with van der Waals surface area (Å²) in [6, 6.07) is 9.54. The maximum atomic E-state index is 13.9. The van der Waals surface area contributed by atoms with Crippen LogP contribution in [0.15, 0.2) is 48.5 Å². The van der Waals surface area contributed by atoms with Crippen LogP contribution in [0.1, 0.15) is 91.3 Å². The third-order valence-electron chi connectivity index (χ3n) is 9.09. The minimum Gasteiger partial charge on any atom is -0.494 e. The minimum absolute atomic E-state index is 0.0268. The molecule has 0 bridgehead atoms. The fourth-order valence-corrected chi connectivity index (χ4v) is 5.36. The topological polar surface area (TPSA) is 61.8 Å². The van der Waals surface area contributed by atoms with Crippen LogP contribution in [0.2, 0.25) is 0 Å². The summed E-state index contributed by atoms with van der Waals surface area (Å²) in [5, 5.41) is -6.49. The van der Waals surface area contributed by atoms with E-state index < -0.39 is 97.0 Å². The minimum atomic E-state index is -7.67. The summed E-state index contributed by atoms with van der Waals surface area (Å²) in [4.78, 5) is 24.5. The number of esters is 2. The lowest BCUT2D eigenvalue weighted by Crippen LogP contribution is -2.69. The van der Waals surface area contributed by atoms with Crippen LogP contribution in [-0.2, 0) is 4.74 Å². The molecule has 2 aromatic carbocycles. The molecule has 0 fully saturated rings. The van der Waals surface area contributed by atoms with Gasteiger partial charge in [-0.3, -0.25) is 0 Å². The van der Waals surface area contributed by atoms with Gasteiger partial charge in [0.1, 0.15) is 11.5 Å². The molecule has 0 saturated heterocycles. The molecule has 0 heterocycles. The maximum Gasteiger partial charge on any atom is 0.393 e. The van der Waals surface area contributed by atoms with E-state index in [9.17, 15) is 97.4 Å². The molecule has 2 rings (SSSR count). The molecular formula is C37H35ClF20O5. The van der Waals surface area contributed by atoms with Crippen LogP contribution in [0.3, 0.4) is 0 Å². The van der Waals surface area contributed by atoms with Crippen LogP contribution < -0.4 is 9.47 Å². The lowest BCUT2D eigenvalue weighted by Gasteiger charge is -2.40. The van der Waals surface area contributed by atoms with Gasteiger partial charge in [-0.1, -0.05) is 44.9 Å². The molecule has 0 aliphatic rings. The van der Waals surface area contributed by atoms with Crippen LogP contribution >= 0.6 is 11.6 Å². The molecule has 0 unspecified atom stereocenters. The van der Waals surface area contributed by atoms with Gasteiger partial charge in [0.2, 0.25) is 0 Å². The second kappa shape index (κ2) is 20.9. The van der Waals surface area contributed by atoms with E-state index in [0.29, 0.717) is 44.3 Å². The van der Waals surface area contributed by atoms with Crippen LogP contribution in [-0.4, -0.2) is 84.3 Å². The first kappa shape index (κ1) is 55.2. The van der Waals surface area contributed by atoms with E-state index in [1.165, 1.54) is 24.3 Å². The summed E-state index contributed by atoms with van der Waals surface area (Å²) in [5.41, 5.74) is -0.353. The van der Waals surface area contributed by atoms with Gasteiger partial charge in [0, 0.05) is 6.42 Å². The zero-order valence-corrected chi connectivity index (χ0v) is 32.6. The molecule has 5 nitrogen and oxygen atoms in total. The number of hydrogen-bond donors (Lipinski definition) is 0. The second-order valence-corrected chi connectivity index (χ2v) is 14.3. The normalized spacial score (nSPS) is 13.9. The molecule has 63 heavy (non-hydrogen) atoms. The number of hydrogen-bond acceptors (Lipinski definition) is 5. The third kappa shape index (κ3) is 12.7. The number of unbranched alkanes of at least 4 members (excludes halogenated alkanes) is 8. The van der Waals surface area contributed by atoms with Crippen molar-refractivity contribution in [3.05, 3.63) is 59.7 Å². The van der Waals surface area contributed by atoms with Crippen LogP contribution in [0, 0.1) is 0 Å². The van der Waals surface area contributed by atoms with E-state index in [2.05, 4.69) is 16.3 Å². The number of halogens is 21. The third-order valence-corrected chi connectivity index (χ3v) is 9.33.